The summed E-state index contributed by atoms with van der Waals surface area (Å²) in [5, 5.41) is 2.88. The van der Waals surface area contributed by atoms with Crippen molar-refractivity contribution < 1.29 is 14.3 Å². The molecule has 0 aromatic rings. The Hall–Kier alpha value is -0.850. The van der Waals surface area contributed by atoms with Crippen molar-refractivity contribution in [3.63, 3.8) is 0 Å². The molecule has 1 heterocycles. The highest BCUT2D eigenvalue weighted by molar-refractivity contribution is 5.68. The van der Waals surface area contributed by atoms with Crippen molar-refractivity contribution in [3.05, 3.63) is 0 Å². The van der Waals surface area contributed by atoms with Gasteiger partial charge in [0.25, 0.3) is 0 Å². The second kappa shape index (κ2) is 7.24. The molecule has 118 valence electrons. The number of carbonyl (C=O) groups excluding carboxylic acids is 1. The van der Waals surface area contributed by atoms with E-state index in [4.69, 9.17) is 15.2 Å². The summed E-state index contributed by atoms with van der Waals surface area (Å²) in [6.45, 7) is 12.4. The molecule has 20 heavy (non-hydrogen) atoms. The van der Waals surface area contributed by atoms with Crippen molar-refractivity contribution in [2.24, 2.45) is 5.73 Å². The summed E-state index contributed by atoms with van der Waals surface area (Å²) in [4.78, 5) is 14.1. The Morgan fingerprint density at radius 3 is 2.70 bits per heavy atom. The van der Waals surface area contributed by atoms with Crippen LogP contribution in [0.5, 0.6) is 0 Å². The van der Waals surface area contributed by atoms with E-state index in [0.717, 1.165) is 13.1 Å². The van der Waals surface area contributed by atoms with Crippen molar-refractivity contribution in [2.45, 2.75) is 58.4 Å². The fourth-order valence-corrected chi connectivity index (χ4v) is 2.41. The van der Waals surface area contributed by atoms with Crippen LogP contribution in [0, 0.1) is 0 Å². The highest BCUT2D eigenvalue weighted by Gasteiger charge is 2.29. The van der Waals surface area contributed by atoms with Gasteiger partial charge in [-0.05, 0) is 34.6 Å². The van der Waals surface area contributed by atoms with Gasteiger partial charge in [0.2, 0.25) is 0 Å². The number of hydrogen-bond acceptors (Lipinski definition) is 5. The first kappa shape index (κ1) is 17.2. The second-order valence-corrected chi connectivity index (χ2v) is 6.41. The zero-order chi connectivity index (χ0) is 15.3. The minimum Gasteiger partial charge on any atom is -0.444 e. The molecular weight excluding hydrogens is 258 g/mol. The van der Waals surface area contributed by atoms with Crippen LogP contribution < -0.4 is 11.1 Å². The average molecular weight is 287 g/mol. The number of nitrogens with zero attached hydrogens (tertiary/aromatic N) is 1. The van der Waals surface area contributed by atoms with Gasteiger partial charge in [-0.15, -0.1) is 0 Å². The summed E-state index contributed by atoms with van der Waals surface area (Å²) >= 11 is 0. The normalized spacial score (nSPS) is 24.0. The number of hydrogen-bond donors (Lipinski definition) is 2. The lowest BCUT2D eigenvalue weighted by atomic mass is 10.1. The van der Waals surface area contributed by atoms with Gasteiger partial charge in [-0.2, -0.15) is 0 Å². The molecule has 3 atom stereocenters. The first-order valence-corrected chi connectivity index (χ1v) is 7.28. The van der Waals surface area contributed by atoms with Gasteiger partial charge >= 0.3 is 6.09 Å². The number of alkyl carbamates (subject to hydrolysis) is 1. The van der Waals surface area contributed by atoms with Crippen molar-refractivity contribution in [2.75, 3.05) is 26.2 Å². The highest BCUT2D eigenvalue weighted by Crippen LogP contribution is 2.12. The molecule has 1 aliphatic heterocycles. The molecule has 1 amide bonds. The average Bonchev–Trinajstić information content (AvgIpc) is 2.26. The Kier molecular flexibility index (Phi) is 6.23. The van der Waals surface area contributed by atoms with Gasteiger partial charge in [-0.1, -0.05) is 0 Å². The molecule has 0 radical (unpaired) electrons. The largest absolute Gasteiger partial charge is 0.444 e. The van der Waals surface area contributed by atoms with Crippen LogP contribution in [-0.4, -0.2) is 61.0 Å². The van der Waals surface area contributed by atoms with Crippen molar-refractivity contribution in [3.8, 4) is 0 Å². The highest BCUT2D eigenvalue weighted by atomic mass is 16.6. The first-order chi connectivity index (χ1) is 9.23. The van der Waals surface area contributed by atoms with E-state index in [9.17, 15) is 4.79 Å². The van der Waals surface area contributed by atoms with Crippen LogP contribution in [0.4, 0.5) is 4.79 Å². The predicted octanol–water partition coefficient (Wildman–Crippen LogP) is 0.948. The molecule has 1 fully saturated rings. The molecule has 0 aromatic carbocycles. The van der Waals surface area contributed by atoms with E-state index in [2.05, 4.69) is 10.2 Å². The van der Waals surface area contributed by atoms with Crippen LogP contribution >= 0.6 is 0 Å². The molecule has 0 aromatic heterocycles. The van der Waals surface area contributed by atoms with E-state index in [-0.39, 0.29) is 18.2 Å². The molecule has 6 nitrogen and oxygen atoms in total. The number of ether oxygens (including phenoxy) is 2. The lowest BCUT2D eigenvalue weighted by Crippen LogP contribution is -2.58. The van der Waals surface area contributed by atoms with Crippen molar-refractivity contribution >= 4 is 6.09 Å². The second-order valence-electron chi connectivity index (χ2n) is 6.41. The van der Waals surface area contributed by atoms with Crippen LogP contribution in [0.25, 0.3) is 0 Å². The quantitative estimate of drug-likeness (QED) is 0.805. The van der Waals surface area contributed by atoms with Gasteiger partial charge in [0.1, 0.15) is 5.60 Å². The van der Waals surface area contributed by atoms with E-state index in [1.165, 1.54) is 0 Å². The molecule has 0 spiro atoms. The van der Waals surface area contributed by atoms with Crippen molar-refractivity contribution in [1.82, 2.24) is 10.2 Å². The molecule has 1 rings (SSSR count). The molecule has 0 aliphatic carbocycles. The summed E-state index contributed by atoms with van der Waals surface area (Å²) < 4.78 is 10.8. The molecule has 0 bridgehead atoms. The minimum absolute atomic E-state index is 0.0693. The summed E-state index contributed by atoms with van der Waals surface area (Å²) in [7, 11) is 0. The Morgan fingerprint density at radius 1 is 1.55 bits per heavy atom. The van der Waals surface area contributed by atoms with E-state index >= 15 is 0 Å². The molecule has 0 saturated carbocycles. The van der Waals surface area contributed by atoms with Gasteiger partial charge in [0.15, 0.2) is 0 Å². The third-order valence-corrected chi connectivity index (χ3v) is 3.30. The Balaban J connectivity index is 2.54. The molecular formula is C14H29N3O3. The van der Waals surface area contributed by atoms with E-state index < -0.39 is 11.7 Å². The van der Waals surface area contributed by atoms with Gasteiger partial charge < -0.3 is 20.5 Å². The van der Waals surface area contributed by atoms with Crippen LogP contribution in [0.3, 0.4) is 0 Å². The standard InChI is InChI=1S/C14H29N3O3/c1-10-9-17(6-7-19-10)12(8-15)11(2)16-13(18)20-14(3,4)5/h10-12H,6-9,15H2,1-5H3,(H,16,18). The maximum atomic E-state index is 11.8. The van der Waals surface area contributed by atoms with Crippen LogP contribution in [0.15, 0.2) is 0 Å². The fraction of sp³-hybridized carbons (Fsp3) is 0.929. The third kappa shape index (κ3) is 5.64. The smallest absolute Gasteiger partial charge is 0.407 e. The van der Waals surface area contributed by atoms with E-state index in [1.807, 2.05) is 34.6 Å². The molecule has 6 heteroatoms. The van der Waals surface area contributed by atoms with Crippen LogP contribution in [0.1, 0.15) is 34.6 Å². The molecule has 1 aliphatic rings. The maximum Gasteiger partial charge on any atom is 0.407 e. The van der Waals surface area contributed by atoms with Crippen LogP contribution in [0.2, 0.25) is 0 Å². The monoisotopic (exact) mass is 287 g/mol. The van der Waals surface area contributed by atoms with Crippen molar-refractivity contribution in [1.29, 1.82) is 0 Å². The Morgan fingerprint density at radius 2 is 2.20 bits per heavy atom. The number of carbonyl (C=O) groups is 1. The lowest BCUT2D eigenvalue weighted by Gasteiger charge is -2.39. The van der Waals surface area contributed by atoms with E-state index in [1.54, 1.807) is 0 Å². The summed E-state index contributed by atoms with van der Waals surface area (Å²) in [6, 6.07) is 0.0222. The fourth-order valence-electron chi connectivity index (χ4n) is 2.41. The SMILES string of the molecule is CC1CN(C(CN)C(C)NC(=O)OC(C)(C)C)CCO1. The number of amides is 1. The summed E-state index contributed by atoms with van der Waals surface area (Å²) in [6.07, 6.45) is -0.198. The summed E-state index contributed by atoms with van der Waals surface area (Å²) in [5.74, 6) is 0. The molecule has 1 saturated heterocycles. The minimum atomic E-state index is -0.491. The molecule has 3 N–H and O–H groups in total. The summed E-state index contributed by atoms with van der Waals surface area (Å²) in [5.41, 5.74) is 5.39. The topological polar surface area (TPSA) is 76.8 Å². The molecule has 3 unspecified atom stereocenters. The van der Waals surface area contributed by atoms with Gasteiger partial charge in [0, 0.05) is 31.7 Å². The van der Waals surface area contributed by atoms with Gasteiger partial charge in [-0.3, -0.25) is 4.90 Å². The van der Waals surface area contributed by atoms with E-state index in [0.29, 0.717) is 13.2 Å². The maximum absolute atomic E-state index is 11.8. The number of nitrogens with two attached hydrogens (primary N) is 1. The van der Waals surface area contributed by atoms with Gasteiger partial charge in [0.05, 0.1) is 12.7 Å². The lowest BCUT2D eigenvalue weighted by molar-refractivity contribution is -0.0376. The van der Waals surface area contributed by atoms with Crippen LogP contribution in [-0.2, 0) is 9.47 Å². The zero-order valence-corrected chi connectivity index (χ0v) is 13.3. The predicted molar refractivity (Wildman–Crippen MR) is 78.7 cm³/mol. The number of rotatable bonds is 4. The first-order valence-electron chi connectivity index (χ1n) is 7.28. The Bertz CT molecular complexity index is 317. The van der Waals surface area contributed by atoms with Gasteiger partial charge in [-0.25, -0.2) is 4.79 Å². The number of nitrogens with one attached hydrogen (secondary N) is 1. The number of morpholine rings is 1. The zero-order valence-electron chi connectivity index (χ0n) is 13.3. The third-order valence-electron chi connectivity index (χ3n) is 3.30. The Labute approximate surface area is 122 Å².